The van der Waals surface area contributed by atoms with E-state index in [0.717, 1.165) is 16.5 Å². The molecule has 4 aromatic rings. The Balaban J connectivity index is 1.77. The molecule has 4 N–H and O–H groups in total. The van der Waals surface area contributed by atoms with Crippen LogP contribution >= 0.6 is 11.3 Å². The van der Waals surface area contributed by atoms with Gasteiger partial charge in [-0.2, -0.15) is 0 Å². The van der Waals surface area contributed by atoms with E-state index in [1.165, 1.54) is 30.4 Å². The van der Waals surface area contributed by atoms with Gasteiger partial charge in [-0.05, 0) is 48.9 Å². The van der Waals surface area contributed by atoms with Gasteiger partial charge in [0, 0.05) is 16.3 Å². The van der Waals surface area contributed by atoms with Crippen molar-refractivity contribution in [2.24, 2.45) is 0 Å². The highest BCUT2D eigenvalue weighted by Crippen LogP contribution is 2.36. The number of hydrogen-bond donors (Lipinski definition) is 3. The van der Waals surface area contributed by atoms with Gasteiger partial charge >= 0.3 is 0 Å². The van der Waals surface area contributed by atoms with Crippen LogP contribution in [0.2, 0.25) is 0 Å². The van der Waals surface area contributed by atoms with Crippen molar-refractivity contribution in [1.29, 1.82) is 0 Å². The monoisotopic (exact) mass is 393 g/mol. The van der Waals surface area contributed by atoms with Crippen LogP contribution in [-0.4, -0.2) is 21.8 Å². The average Bonchev–Trinajstić information content (AvgIpc) is 3.26. The SMILES string of the molecule is CC(=O)c1ccc(-c2ccc3c(N)c(C(=O)c4ccc(O)cc4O)oc3c2)s1. The van der Waals surface area contributed by atoms with Gasteiger partial charge in [-0.1, -0.05) is 6.07 Å². The first-order valence-electron chi connectivity index (χ1n) is 8.35. The third kappa shape index (κ3) is 2.91. The number of furan rings is 1. The van der Waals surface area contributed by atoms with Crippen molar-refractivity contribution in [2.45, 2.75) is 6.92 Å². The quantitative estimate of drug-likeness (QED) is 0.437. The van der Waals surface area contributed by atoms with Crippen molar-refractivity contribution in [1.82, 2.24) is 0 Å². The highest BCUT2D eigenvalue weighted by Gasteiger charge is 2.23. The number of anilines is 1. The van der Waals surface area contributed by atoms with Gasteiger partial charge in [-0.3, -0.25) is 9.59 Å². The van der Waals surface area contributed by atoms with E-state index in [1.807, 2.05) is 12.1 Å². The molecule has 4 rings (SSSR count). The van der Waals surface area contributed by atoms with Crippen molar-refractivity contribution in [3.05, 3.63) is 64.7 Å². The number of nitrogen functional groups attached to an aromatic ring is 1. The number of benzene rings is 2. The van der Waals surface area contributed by atoms with Gasteiger partial charge < -0.3 is 20.4 Å². The fourth-order valence-corrected chi connectivity index (χ4v) is 3.85. The van der Waals surface area contributed by atoms with Gasteiger partial charge in [-0.15, -0.1) is 11.3 Å². The largest absolute Gasteiger partial charge is 0.508 e. The topological polar surface area (TPSA) is 114 Å². The fourth-order valence-electron chi connectivity index (χ4n) is 2.96. The minimum atomic E-state index is -0.581. The molecule has 6 nitrogen and oxygen atoms in total. The lowest BCUT2D eigenvalue weighted by Crippen LogP contribution is -2.03. The van der Waals surface area contributed by atoms with Crippen LogP contribution in [0.1, 0.15) is 32.7 Å². The van der Waals surface area contributed by atoms with E-state index < -0.39 is 5.78 Å². The molecule has 0 radical (unpaired) electrons. The van der Waals surface area contributed by atoms with Crippen molar-refractivity contribution in [3.8, 4) is 21.9 Å². The summed E-state index contributed by atoms with van der Waals surface area (Å²) in [5.74, 6) is -1.18. The van der Waals surface area contributed by atoms with Crippen LogP contribution in [0, 0.1) is 0 Å². The molecular weight excluding hydrogens is 378 g/mol. The van der Waals surface area contributed by atoms with E-state index in [9.17, 15) is 19.8 Å². The summed E-state index contributed by atoms with van der Waals surface area (Å²) in [6.07, 6.45) is 0. The lowest BCUT2D eigenvalue weighted by atomic mass is 10.1. The summed E-state index contributed by atoms with van der Waals surface area (Å²) >= 11 is 1.37. The summed E-state index contributed by atoms with van der Waals surface area (Å²) in [7, 11) is 0. The number of hydrogen-bond acceptors (Lipinski definition) is 7. The highest BCUT2D eigenvalue weighted by atomic mass is 32.1. The molecule has 0 unspecified atom stereocenters. The first-order chi connectivity index (χ1) is 13.3. The number of Topliss-reactive ketones (excluding diaryl/α,β-unsaturated/α-hetero) is 1. The van der Waals surface area contributed by atoms with E-state index in [-0.39, 0.29) is 34.3 Å². The van der Waals surface area contributed by atoms with Crippen molar-refractivity contribution < 1.29 is 24.2 Å². The molecule has 0 atom stereocenters. The zero-order valence-electron chi connectivity index (χ0n) is 14.7. The van der Waals surface area contributed by atoms with Crippen molar-refractivity contribution in [3.63, 3.8) is 0 Å². The molecule has 0 aliphatic heterocycles. The minimum Gasteiger partial charge on any atom is -0.508 e. The first kappa shape index (κ1) is 17.8. The summed E-state index contributed by atoms with van der Waals surface area (Å²) in [5.41, 5.74) is 7.52. The number of phenols is 2. The Bertz CT molecular complexity index is 1250. The molecule has 7 heteroatoms. The Kier molecular flexibility index (Phi) is 4.16. The lowest BCUT2D eigenvalue weighted by molar-refractivity contribution is 0.100. The van der Waals surface area contributed by atoms with Crippen LogP contribution in [0.25, 0.3) is 21.4 Å². The number of carbonyl (C=O) groups is 2. The highest BCUT2D eigenvalue weighted by molar-refractivity contribution is 7.17. The Labute approximate surface area is 163 Å². The van der Waals surface area contributed by atoms with E-state index >= 15 is 0 Å². The molecule has 0 fully saturated rings. The van der Waals surface area contributed by atoms with E-state index in [4.69, 9.17) is 10.2 Å². The maximum Gasteiger partial charge on any atom is 0.234 e. The van der Waals surface area contributed by atoms with Gasteiger partial charge in [-0.25, -0.2) is 0 Å². The Morgan fingerprint density at radius 1 is 1.04 bits per heavy atom. The summed E-state index contributed by atoms with van der Waals surface area (Å²) in [5, 5.41) is 19.9. The second kappa shape index (κ2) is 6.54. The maximum absolute atomic E-state index is 12.8. The van der Waals surface area contributed by atoms with Gasteiger partial charge in [0.2, 0.25) is 5.78 Å². The number of ketones is 2. The van der Waals surface area contributed by atoms with Crippen LogP contribution in [0.5, 0.6) is 11.5 Å². The van der Waals surface area contributed by atoms with Crippen LogP contribution < -0.4 is 5.73 Å². The third-order valence-electron chi connectivity index (χ3n) is 4.40. The zero-order chi connectivity index (χ0) is 20.0. The summed E-state index contributed by atoms with van der Waals surface area (Å²) in [6, 6.07) is 12.7. The number of aromatic hydroxyl groups is 2. The predicted octanol–water partition coefficient (Wildman–Crippen LogP) is 4.59. The minimum absolute atomic E-state index is 0.00107. The van der Waals surface area contributed by atoms with Crippen LogP contribution in [0.3, 0.4) is 0 Å². The predicted molar refractivity (Wildman–Crippen MR) is 107 cm³/mol. The molecule has 0 aliphatic carbocycles. The number of fused-ring (bicyclic) bond motifs is 1. The molecule has 0 bridgehead atoms. The Hall–Kier alpha value is -3.58. The molecule has 140 valence electrons. The van der Waals surface area contributed by atoms with Crippen LogP contribution in [0.4, 0.5) is 5.69 Å². The van der Waals surface area contributed by atoms with E-state index in [2.05, 4.69) is 0 Å². The van der Waals surface area contributed by atoms with Gasteiger partial charge in [0.05, 0.1) is 16.1 Å². The Morgan fingerprint density at radius 2 is 1.82 bits per heavy atom. The van der Waals surface area contributed by atoms with Gasteiger partial charge in [0.15, 0.2) is 11.5 Å². The fraction of sp³-hybridized carbons (Fsp3) is 0.0476. The van der Waals surface area contributed by atoms with Crippen LogP contribution in [-0.2, 0) is 0 Å². The van der Waals surface area contributed by atoms with E-state index in [0.29, 0.717) is 15.8 Å². The number of nitrogens with two attached hydrogens (primary N) is 1. The third-order valence-corrected chi connectivity index (χ3v) is 5.63. The normalized spacial score (nSPS) is 11.0. The second-order valence-electron chi connectivity index (χ2n) is 6.31. The van der Waals surface area contributed by atoms with Crippen molar-refractivity contribution >= 4 is 39.6 Å². The Morgan fingerprint density at radius 3 is 2.50 bits per heavy atom. The summed E-state index contributed by atoms with van der Waals surface area (Å²) < 4.78 is 5.71. The smallest absolute Gasteiger partial charge is 0.234 e. The molecule has 28 heavy (non-hydrogen) atoms. The summed E-state index contributed by atoms with van der Waals surface area (Å²) in [6.45, 7) is 1.52. The number of carbonyl (C=O) groups excluding carboxylic acids is 2. The maximum atomic E-state index is 12.8. The number of phenolic OH excluding ortho intramolecular Hbond substituents is 2. The molecule has 0 spiro atoms. The second-order valence-corrected chi connectivity index (χ2v) is 7.39. The van der Waals surface area contributed by atoms with Gasteiger partial charge in [0.25, 0.3) is 0 Å². The van der Waals surface area contributed by atoms with Gasteiger partial charge in [0.1, 0.15) is 17.1 Å². The molecule has 0 aliphatic rings. The first-order valence-corrected chi connectivity index (χ1v) is 9.16. The van der Waals surface area contributed by atoms with Crippen LogP contribution in [0.15, 0.2) is 52.9 Å². The van der Waals surface area contributed by atoms with Crippen molar-refractivity contribution in [2.75, 3.05) is 5.73 Å². The standard InChI is InChI=1S/C21H15NO5S/c1-10(23)17-6-7-18(28-17)11-2-4-14-16(8-11)27-21(19(14)22)20(26)13-5-3-12(24)9-15(13)25/h2-9,24-25H,22H2,1H3. The molecule has 0 saturated carbocycles. The summed E-state index contributed by atoms with van der Waals surface area (Å²) in [4.78, 5) is 25.8. The molecular formula is C21H15NO5S. The molecule has 2 aromatic heterocycles. The molecule has 0 saturated heterocycles. The van der Waals surface area contributed by atoms with E-state index in [1.54, 1.807) is 18.2 Å². The zero-order valence-corrected chi connectivity index (χ0v) is 15.5. The molecule has 2 heterocycles. The number of thiophene rings is 1. The lowest BCUT2D eigenvalue weighted by Gasteiger charge is -2.02. The molecule has 2 aromatic carbocycles. The molecule has 0 amide bonds. The number of rotatable bonds is 4. The average molecular weight is 393 g/mol.